The summed E-state index contributed by atoms with van der Waals surface area (Å²) in [4.78, 5) is 12.6. The summed E-state index contributed by atoms with van der Waals surface area (Å²) in [6, 6.07) is 22.8. The highest BCUT2D eigenvalue weighted by Crippen LogP contribution is 2.36. The summed E-state index contributed by atoms with van der Waals surface area (Å²) < 4.78 is 6.27. The first-order valence-electron chi connectivity index (χ1n) is 10.7. The van der Waals surface area contributed by atoms with Crippen molar-refractivity contribution < 1.29 is 9.53 Å². The highest BCUT2D eigenvalue weighted by molar-refractivity contribution is 6.35. The van der Waals surface area contributed by atoms with Crippen LogP contribution in [0, 0.1) is 11.3 Å². The molecular formula is C26H23Cl2N3O2. The van der Waals surface area contributed by atoms with E-state index in [1.165, 1.54) is 0 Å². The van der Waals surface area contributed by atoms with Gasteiger partial charge in [0.25, 0.3) is 0 Å². The molecule has 1 heterocycles. The van der Waals surface area contributed by atoms with Crippen LogP contribution in [0.1, 0.15) is 24.0 Å². The summed E-state index contributed by atoms with van der Waals surface area (Å²) in [5.41, 5.74) is 3.65. The van der Waals surface area contributed by atoms with E-state index in [-0.39, 0.29) is 12.5 Å². The predicted octanol–water partition coefficient (Wildman–Crippen LogP) is 5.77. The van der Waals surface area contributed by atoms with Gasteiger partial charge in [-0.25, -0.2) is 0 Å². The number of nitriles is 1. The van der Waals surface area contributed by atoms with Crippen LogP contribution >= 0.6 is 23.2 Å². The Hall–Kier alpha value is -2.88. The lowest BCUT2D eigenvalue weighted by molar-refractivity contribution is -0.131. The molecule has 1 fully saturated rings. The molecule has 0 atom stereocenters. The second-order valence-corrected chi connectivity index (χ2v) is 8.88. The van der Waals surface area contributed by atoms with Gasteiger partial charge in [0.15, 0.2) is 0 Å². The molecule has 168 valence electrons. The lowest BCUT2D eigenvalue weighted by atomic mass is 9.84. The van der Waals surface area contributed by atoms with E-state index in [4.69, 9.17) is 33.2 Å². The number of carbonyl (C=O) groups is 1. The standard InChI is InChI=1S/C26H23Cl2N3O2/c27-22-13-23(28)15-24(14-22)31-25(32)17-33-26(8-10-30-11-9-26)21-6-4-19(5-7-21)20-3-1-2-18(12-20)16-29/h1-7,12-15,30H,8-11,17H2,(H,31,32). The van der Waals surface area contributed by atoms with E-state index in [0.717, 1.165) is 42.6 Å². The molecule has 0 bridgehead atoms. The van der Waals surface area contributed by atoms with Crippen LogP contribution in [0.15, 0.2) is 66.7 Å². The minimum absolute atomic E-state index is 0.0872. The van der Waals surface area contributed by atoms with Crippen LogP contribution in [-0.2, 0) is 15.1 Å². The second-order valence-electron chi connectivity index (χ2n) is 8.01. The number of ether oxygens (including phenoxy) is 1. The maximum atomic E-state index is 12.6. The zero-order valence-corrected chi connectivity index (χ0v) is 19.4. The molecule has 3 aromatic carbocycles. The Morgan fingerprint density at radius 1 is 1.00 bits per heavy atom. The van der Waals surface area contributed by atoms with Gasteiger partial charge >= 0.3 is 0 Å². The Morgan fingerprint density at radius 2 is 1.70 bits per heavy atom. The molecule has 2 N–H and O–H groups in total. The van der Waals surface area contributed by atoms with Crippen LogP contribution in [0.3, 0.4) is 0 Å². The molecule has 1 aliphatic rings. The van der Waals surface area contributed by atoms with Gasteiger partial charge in [-0.1, -0.05) is 59.6 Å². The van der Waals surface area contributed by atoms with Crippen LogP contribution < -0.4 is 10.6 Å². The molecule has 33 heavy (non-hydrogen) atoms. The quantitative estimate of drug-likeness (QED) is 0.470. The van der Waals surface area contributed by atoms with Crippen molar-refractivity contribution >= 4 is 34.8 Å². The minimum atomic E-state index is -0.554. The predicted molar refractivity (Wildman–Crippen MR) is 131 cm³/mol. The number of nitrogens with zero attached hydrogens (tertiary/aromatic N) is 1. The number of hydrogen-bond donors (Lipinski definition) is 2. The van der Waals surface area contributed by atoms with Crippen molar-refractivity contribution in [3.8, 4) is 17.2 Å². The number of anilines is 1. The first-order chi connectivity index (χ1) is 16.0. The summed E-state index contributed by atoms with van der Waals surface area (Å²) in [7, 11) is 0. The fourth-order valence-corrected chi connectivity index (χ4v) is 4.63. The van der Waals surface area contributed by atoms with Crippen LogP contribution in [-0.4, -0.2) is 25.6 Å². The van der Waals surface area contributed by atoms with E-state index < -0.39 is 5.60 Å². The zero-order valence-electron chi connectivity index (χ0n) is 17.9. The Kier molecular flexibility index (Phi) is 7.32. The van der Waals surface area contributed by atoms with Gasteiger partial charge in [0.05, 0.1) is 17.2 Å². The molecule has 0 aromatic heterocycles. The van der Waals surface area contributed by atoms with Gasteiger partial charge in [0.2, 0.25) is 5.91 Å². The van der Waals surface area contributed by atoms with Crippen molar-refractivity contribution in [3.63, 3.8) is 0 Å². The molecule has 0 saturated carbocycles. The third-order valence-corrected chi connectivity index (χ3v) is 6.21. The normalized spacial score (nSPS) is 14.9. The first-order valence-corrected chi connectivity index (χ1v) is 11.4. The van der Waals surface area contributed by atoms with Crippen molar-refractivity contribution in [3.05, 3.63) is 87.9 Å². The summed E-state index contributed by atoms with van der Waals surface area (Å²) in [6.45, 7) is 1.52. The number of halogens is 2. The van der Waals surface area contributed by atoms with Crippen LogP contribution in [0.5, 0.6) is 0 Å². The van der Waals surface area contributed by atoms with Gasteiger partial charge in [-0.3, -0.25) is 4.79 Å². The van der Waals surface area contributed by atoms with E-state index in [0.29, 0.717) is 21.3 Å². The number of hydrogen-bond acceptors (Lipinski definition) is 4. The van der Waals surface area contributed by atoms with E-state index in [1.807, 2.05) is 42.5 Å². The molecular weight excluding hydrogens is 457 g/mol. The summed E-state index contributed by atoms with van der Waals surface area (Å²) >= 11 is 12.0. The molecule has 4 rings (SSSR count). The topological polar surface area (TPSA) is 74.1 Å². The number of nitrogens with one attached hydrogen (secondary N) is 2. The maximum Gasteiger partial charge on any atom is 0.250 e. The number of carbonyl (C=O) groups excluding carboxylic acids is 1. The molecule has 0 unspecified atom stereocenters. The molecule has 7 heteroatoms. The lowest BCUT2D eigenvalue weighted by Crippen LogP contribution is -2.43. The van der Waals surface area contributed by atoms with E-state index >= 15 is 0 Å². The fraction of sp³-hybridized carbons (Fsp3) is 0.231. The van der Waals surface area contributed by atoms with E-state index in [9.17, 15) is 4.79 Å². The van der Waals surface area contributed by atoms with Crippen LogP contribution in [0.25, 0.3) is 11.1 Å². The number of piperidine rings is 1. The van der Waals surface area contributed by atoms with Gasteiger partial charge in [-0.2, -0.15) is 5.26 Å². The Balaban J connectivity index is 1.50. The van der Waals surface area contributed by atoms with Gasteiger partial charge in [-0.15, -0.1) is 0 Å². The SMILES string of the molecule is N#Cc1cccc(-c2ccc(C3(OCC(=O)Nc4cc(Cl)cc(Cl)c4)CCNCC3)cc2)c1. The third kappa shape index (κ3) is 5.73. The van der Waals surface area contributed by atoms with E-state index in [1.54, 1.807) is 24.3 Å². The van der Waals surface area contributed by atoms with Crippen molar-refractivity contribution in [2.75, 3.05) is 25.0 Å². The molecule has 0 spiro atoms. The number of amides is 1. The van der Waals surface area contributed by atoms with Crippen molar-refractivity contribution in [2.45, 2.75) is 18.4 Å². The summed E-state index contributed by atoms with van der Waals surface area (Å²) in [5, 5.41) is 16.2. The molecule has 1 saturated heterocycles. The second kappa shape index (κ2) is 10.4. The summed E-state index contributed by atoms with van der Waals surface area (Å²) in [6.07, 6.45) is 1.51. The largest absolute Gasteiger partial charge is 0.360 e. The lowest BCUT2D eigenvalue weighted by Gasteiger charge is -2.38. The van der Waals surface area contributed by atoms with Gasteiger partial charge < -0.3 is 15.4 Å². The average molecular weight is 480 g/mol. The van der Waals surface area contributed by atoms with Gasteiger partial charge in [0.1, 0.15) is 6.61 Å². The molecule has 3 aromatic rings. The highest BCUT2D eigenvalue weighted by Gasteiger charge is 2.35. The molecule has 0 radical (unpaired) electrons. The molecule has 1 amide bonds. The molecule has 0 aliphatic carbocycles. The maximum absolute atomic E-state index is 12.6. The average Bonchev–Trinajstić information content (AvgIpc) is 2.83. The third-order valence-electron chi connectivity index (χ3n) is 5.77. The summed E-state index contributed by atoms with van der Waals surface area (Å²) in [5.74, 6) is -0.267. The van der Waals surface area contributed by atoms with Gasteiger partial charge in [-0.05, 0) is 73.0 Å². The molecule has 1 aliphatic heterocycles. The van der Waals surface area contributed by atoms with Crippen LogP contribution in [0.4, 0.5) is 5.69 Å². The van der Waals surface area contributed by atoms with E-state index in [2.05, 4.69) is 16.7 Å². The Labute approximate surface area is 203 Å². The van der Waals surface area contributed by atoms with Crippen molar-refractivity contribution in [1.29, 1.82) is 5.26 Å². The Morgan fingerprint density at radius 3 is 2.36 bits per heavy atom. The highest BCUT2D eigenvalue weighted by atomic mass is 35.5. The zero-order chi connectivity index (χ0) is 23.3. The van der Waals surface area contributed by atoms with Crippen molar-refractivity contribution in [1.82, 2.24) is 5.32 Å². The smallest absolute Gasteiger partial charge is 0.250 e. The van der Waals surface area contributed by atoms with Gasteiger partial charge in [0, 0.05) is 15.7 Å². The Bertz CT molecular complexity index is 1160. The monoisotopic (exact) mass is 479 g/mol. The van der Waals surface area contributed by atoms with Crippen molar-refractivity contribution in [2.24, 2.45) is 0 Å². The number of benzene rings is 3. The van der Waals surface area contributed by atoms with Crippen LogP contribution in [0.2, 0.25) is 10.0 Å². The minimum Gasteiger partial charge on any atom is -0.360 e. The number of rotatable bonds is 6. The molecule has 5 nitrogen and oxygen atoms in total. The fourth-order valence-electron chi connectivity index (χ4n) is 4.11. The first kappa shape index (κ1) is 23.3.